The van der Waals surface area contributed by atoms with Gasteiger partial charge in [-0.25, -0.2) is 0 Å². The molecule has 0 saturated heterocycles. The van der Waals surface area contributed by atoms with Gasteiger partial charge < -0.3 is 14.8 Å². The molecule has 0 atom stereocenters. The van der Waals surface area contributed by atoms with Crippen molar-refractivity contribution in [1.29, 1.82) is 0 Å². The second kappa shape index (κ2) is 9.70. The molecule has 5 rings (SSSR count). The van der Waals surface area contributed by atoms with Crippen molar-refractivity contribution in [2.45, 2.75) is 51.4 Å². The number of aryl methyl sites for hydroxylation is 1. The molecule has 35 heavy (non-hydrogen) atoms. The first-order valence-electron chi connectivity index (χ1n) is 11.9. The maximum atomic E-state index is 13.1. The van der Waals surface area contributed by atoms with Crippen LogP contribution in [0.2, 0.25) is 5.02 Å². The Balaban J connectivity index is 1.49. The molecule has 3 aliphatic rings. The normalized spacial score (nSPS) is 18.1. The van der Waals surface area contributed by atoms with Gasteiger partial charge in [-0.1, -0.05) is 23.7 Å². The molecule has 1 N–H and O–H groups in total. The largest absolute Gasteiger partial charge is 0.483 e. The molecule has 0 spiro atoms. The Bertz CT molecular complexity index is 1250. The van der Waals surface area contributed by atoms with Gasteiger partial charge in [0.25, 0.3) is 5.91 Å². The molecule has 7 heteroatoms. The predicted octanol–water partition coefficient (Wildman–Crippen LogP) is 5.79. The molecule has 0 fully saturated rings. The molecule has 0 aromatic heterocycles. The Hall–Kier alpha value is -3.38. The van der Waals surface area contributed by atoms with Gasteiger partial charge in [0, 0.05) is 53.1 Å². The number of amides is 1. The lowest BCUT2D eigenvalue weighted by molar-refractivity contribution is -0.119. The fraction of sp³-hybridized carbons (Fsp3) is 0.321. The second-order valence-electron chi connectivity index (χ2n) is 9.15. The summed E-state index contributed by atoms with van der Waals surface area (Å²) in [6, 6.07) is 12.6. The van der Waals surface area contributed by atoms with Crippen molar-refractivity contribution in [3.05, 3.63) is 81.3 Å². The number of rotatable bonds is 5. The third-order valence-corrected chi connectivity index (χ3v) is 6.82. The summed E-state index contributed by atoms with van der Waals surface area (Å²) in [5.41, 5.74) is 3.35. The Morgan fingerprint density at radius 2 is 1.69 bits per heavy atom. The average molecular weight is 492 g/mol. The van der Waals surface area contributed by atoms with Crippen LogP contribution in [-0.2, 0) is 19.1 Å². The van der Waals surface area contributed by atoms with E-state index >= 15 is 0 Å². The Kier molecular flexibility index (Phi) is 6.48. The molecule has 180 valence electrons. The van der Waals surface area contributed by atoms with Gasteiger partial charge in [-0.3, -0.25) is 14.4 Å². The second-order valence-corrected chi connectivity index (χ2v) is 9.59. The first kappa shape index (κ1) is 23.4. The summed E-state index contributed by atoms with van der Waals surface area (Å²) in [5, 5.41) is 3.29. The molecule has 2 aromatic carbocycles. The topological polar surface area (TPSA) is 81.7 Å². The lowest BCUT2D eigenvalue weighted by atomic mass is 9.73. The molecule has 1 heterocycles. The van der Waals surface area contributed by atoms with Crippen LogP contribution in [0.25, 0.3) is 0 Å². The van der Waals surface area contributed by atoms with E-state index in [9.17, 15) is 14.4 Å². The summed E-state index contributed by atoms with van der Waals surface area (Å²) in [7, 11) is 0. The van der Waals surface area contributed by atoms with E-state index in [0.717, 1.165) is 18.4 Å². The summed E-state index contributed by atoms with van der Waals surface area (Å²) < 4.78 is 12.1. The number of anilines is 1. The number of Topliss-reactive ketones (excluding diaryl/α,β-unsaturated/α-hetero) is 2. The Morgan fingerprint density at radius 1 is 1.00 bits per heavy atom. The van der Waals surface area contributed by atoms with Gasteiger partial charge in [0.1, 0.15) is 17.3 Å². The van der Waals surface area contributed by atoms with E-state index in [1.165, 1.54) is 0 Å². The van der Waals surface area contributed by atoms with Crippen LogP contribution in [0.5, 0.6) is 5.75 Å². The smallest absolute Gasteiger partial charge is 0.262 e. The molecule has 1 amide bonds. The van der Waals surface area contributed by atoms with Gasteiger partial charge in [-0.15, -0.1) is 0 Å². The predicted molar refractivity (Wildman–Crippen MR) is 132 cm³/mol. The summed E-state index contributed by atoms with van der Waals surface area (Å²) in [6.45, 7) is 1.72. The highest BCUT2D eigenvalue weighted by Gasteiger charge is 2.42. The van der Waals surface area contributed by atoms with E-state index in [-0.39, 0.29) is 24.1 Å². The monoisotopic (exact) mass is 491 g/mol. The number of allylic oxidation sites excluding steroid dienone is 4. The van der Waals surface area contributed by atoms with Crippen LogP contribution < -0.4 is 10.1 Å². The van der Waals surface area contributed by atoms with Crippen LogP contribution in [0.3, 0.4) is 0 Å². The zero-order valence-electron chi connectivity index (χ0n) is 19.5. The quantitative estimate of drug-likeness (QED) is 0.572. The first-order chi connectivity index (χ1) is 16.9. The molecule has 0 bridgehead atoms. The van der Waals surface area contributed by atoms with Crippen LogP contribution in [-0.4, -0.2) is 24.1 Å². The minimum atomic E-state index is -0.608. The van der Waals surface area contributed by atoms with Crippen molar-refractivity contribution < 1.29 is 23.9 Å². The van der Waals surface area contributed by atoms with Gasteiger partial charge in [0.05, 0.1) is 5.92 Å². The lowest BCUT2D eigenvalue weighted by Crippen LogP contribution is -2.30. The molecular weight excluding hydrogens is 466 g/mol. The van der Waals surface area contributed by atoms with E-state index in [1.807, 2.05) is 31.2 Å². The summed E-state index contributed by atoms with van der Waals surface area (Å²) >= 11 is 6.38. The van der Waals surface area contributed by atoms with Crippen molar-refractivity contribution >= 4 is 34.8 Å². The Labute approximate surface area is 208 Å². The fourth-order valence-corrected chi connectivity index (χ4v) is 5.25. The zero-order chi connectivity index (χ0) is 24.5. The third kappa shape index (κ3) is 4.76. The van der Waals surface area contributed by atoms with Gasteiger partial charge >= 0.3 is 0 Å². The van der Waals surface area contributed by atoms with Crippen LogP contribution in [0.1, 0.15) is 55.6 Å². The highest BCUT2D eigenvalue weighted by atomic mass is 35.5. The number of carbonyl (C=O) groups excluding carboxylic acids is 3. The Morgan fingerprint density at radius 3 is 2.34 bits per heavy atom. The molecule has 0 radical (unpaired) electrons. The third-order valence-electron chi connectivity index (χ3n) is 6.58. The van der Waals surface area contributed by atoms with E-state index < -0.39 is 5.92 Å². The fourth-order valence-electron chi connectivity index (χ4n) is 5.07. The number of hydrogen-bond donors (Lipinski definition) is 1. The molecule has 0 saturated carbocycles. The summed E-state index contributed by atoms with van der Waals surface area (Å²) in [4.78, 5) is 38.8. The minimum absolute atomic E-state index is 0.0238. The molecule has 2 aromatic rings. The van der Waals surface area contributed by atoms with E-state index in [1.54, 1.807) is 18.2 Å². The van der Waals surface area contributed by atoms with Crippen molar-refractivity contribution in [3.63, 3.8) is 0 Å². The minimum Gasteiger partial charge on any atom is -0.483 e. The molecule has 0 unspecified atom stereocenters. The number of ketones is 2. The molecular formula is C28H26ClNO5. The van der Waals surface area contributed by atoms with E-state index in [2.05, 4.69) is 5.32 Å². The van der Waals surface area contributed by atoms with Crippen molar-refractivity contribution in [3.8, 4) is 5.75 Å². The van der Waals surface area contributed by atoms with Crippen LogP contribution in [0.15, 0.2) is 65.1 Å². The van der Waals surface area contributed by atoms with Crippen LogP contribution >= 0.6 is 11.6 Å². The molecule has 1 aliphatic heterocycles. The SMILES string of the molecule is Cc1cccc(NC(=O)COc2ccc(Cl)cc2C2C3=C(CCCC3=O)OC3=C2C(=O)CCC3)c1. The number of hydrogen-bond acceptors (Lipinski definition) is 5. The summed E-state index contributed by atoms with van der Waals surface area (Å²) in [6.07, 6.45) is 3.56. The van der Waals surface area contributed by atoms with Gasteiger partial charge in [0.15, 0.2) is 18.2 Å². The number of ether oxygens (including phenoxy) is 2. The van der Waals surface area contributed by atoms with Crippen molar-refractivity contribution in [2.24, 2.45) is 0 Å². The molecule has 6 nitrogen and oxygen atoms in total. The number of halogens is 1. The highest BCUT2D eigenvalue weighted by Crippen LogP contribution is 2.50. The van der Waals surface area contributed by atoms with E-state index in [4.69, 9.17) is 21.1 Å². The summed E-state index contributed by atoms with van der Waals surface area (Å²) in [5.74, 6) is 0.726. The maximum absolute atomic E-state index is 13.1. The van der Waals surface area contributed by atoms with Gasteiger partial charge in [-0.2, -0.15) is 0 Å². The zero-order valence-corrected chi connectivity index (χ0v) is 20.2. The van der Waals surface area contributed by atoms with Gasteiger partial charge in [0.2, 0.25) is 0 Å². The average Bonchev–Trinajstić information content (AvgIpc) is 2.82. The standard InChI is InChI=1S/C28H26ClNO5/c1-16-5-2-6-18(13-16)30-25(33)15-34-22-12-11-17(29)14-19(22)26-27-20(31)7-3-9-23(27)35-24-10-4-8-21(32)28(24)26/h2,5-6,11-14,26H,3-4,7-10,15H2,1H3,(H,30,33). The lowest BCUT2D eigenvalue weighted by Gasteiger charge is -2.36. The number of nitrogens with one attached hydrogen (secondary N) is 1. The van der Waals surface area contributed by atoms with Crippen LogP contribution in [0, 0.1) is 6.92 Å². The van der Waals surface area contributed by atoms with Crippen molar-refractivity contribution in [1.82, 2.24) is 0 Å². The number of carbonyl (C=O) groups is 3. The van der Waals surface area contributed by atoms with Crippen LogP contribution in [0.4, 0.5) is 5.69 Å². The van der Waals surface area contributed by atoms with E-state index in [0.29, 0.717) is 70.4 Å². The number of benzene rings is 2. The first-order valence-corrected chi connectivity index (χ1v) is 12.3. The van der Waals surface area contributed by atoms with Gasteiger partial charge in [-0.05, 0) is 55.7 Å². The maximum Gasteiger partial charge on any atom is 0.262 e. The highest BCUT2D eigenvalue weighted by molar-refractivity contribution is 6.30. The molecule has 2 aliphatic carbocycles. The van der Waals surface area contributed by atoms with Crippen molar-refractivity contribution in [2.75, 3.05) is 11.9 Å².